The van der Waals surface area contributed by atoms with Crippen LogP contribution in [0, 0.1) is 13.8 Å². The summed E-state index contributed by atoms with van der Waals surface area (Å²) in [6, 6.07) is -0.223. The largest absolute Gasteiger partial charge is 0.479 e. The monoisotopic (exact) mass is 158 g/mol. The highest BCUT2D eigenvalue weighted by Crippen LogP contribution is 2.17. The van der Waals surface area contributed by atoms with Crippen LogP contribution in [0.1, 0.15) is 11.4 Å². The van der Waals surface area contributed by atoms with E-state index in [9.17, 15) is 0 Å². The Morgan fingerprint density at radius 3 is 2.00 bits per heavy atom. The fourth-order valence-corrected chi connectivity index (χ4v) is 0.769. The van der Waals surface area contributed by atoms with Crippen LogP contribution in [0.15, 0.2) is 0 Å². The van der Waals surface area contributed by atoms with Gasteiger partial charge in [0, 0.05) is 0 Å². The first-order chi connectivity index (χ1) is 4.61. The summed E-state index contributed by atoms with van der Waals surface area (Å²) in [7, 11) is 0. The molecule has 1 aromatic rings. The molecular formula is C6H7ClN2O. The lowest BCUT2D eigenvalue weighted by molar-refractivity contribution is 0.427. The van der Waals surface area contributed by atoms with Gasteiger partial charge < -0.3 is 5.11 Å². The van der Waals surface area contributed by atoms with Crippen molar-refractivity contribution < 1.29 is 5.11 Å². The highest BCUT2D eigenvalue weighted by Gasteiger charge is 2.03. The molecule has 0 spiro atoms. The average molecular weight is 159 g/mol. The second-order valence-electron chi connectivity index (χ2n) is 2.01. The maximum absolute atomic E-state index is 8.84. The van der Waals surface area contributed by atoms with E-state index >= 15 is 0 Å². The van der Waals surface area contributed by atoms with E-state index in [2.05, 4.69) is 9.97 Å². The second kappa shape index (κ2) is 2.42. The molecule has 4 heteroatoms. The van der Waals surface area contributed by atoms with E-state index in [0.717, 1.165) is 0 Å². The molecule has 0 unspecified atom stereocenters. The first kappa shape index (κ1) is 7.28. The van der Waals surface area contributed by atoms with E-state index in [1.54, 1.807) is 13.8 Å². The molecule has 0 aliphatic heterocycles. The fourth-order valence-electron chi connectivity index (χ4n) is 0.685. The highest BCUT2D eigenvalue weighted by molar-refractivity contribution is 6.31. The van der Waals surface area contributed by atoms with Gasteiger partial charge in [-0.1, -0.05) is 11.6 Å². The molecule has 0 aliphatic carbocycles. The van der Waals surface area contributed by atoms with E-state index in [1.165, 1.54) is 0 Å². The Morgan fingerprint density at radius 1 is 1.20 bits per heavy atom. The molecule has 3 nitrogen and oxygen atoms in total. The van der Waals surface area contributed by atoms with Crippen LogP contribution in [0.3, 0.4) is 0 Å². The third-order valence-corrected chi connectivity index (χ3v) is 1.72. The molecule has 0 radical (unpaired) electrons. The van der Waals surface area contributed by atoms with E-state index < -0.39 is 0 Å². The van der Waals surface area contributed by atoms with E-state index in [1.807, 2.05) is 0 Å². The molecule has 1 N–H and O–H groups in total. The van der Waals surface area contributed by atoms with Crippen LogP contribution in [0.2, 0.25) is 5.02 Å². The predicted octanol–water partition coefficient (Wildman–Crippen LogP) is 1.45. The fraction of sp³-hybridized carbons (Fsp3) is 0.333. The van der Waals surface area contributed by atoms with Gasteiger partial charge in [-0.2, -0.15) is 9.97 Å². The van der Waals surface area contributed by atoms with Gasteiger partial charge in [0.1, 0.15) is 0 Å². The summed E-state index contributed by atoms with van der Waals surface area (Å²) in [6.07, 6.45) is 0. The van der Waals surface area contributed by atoms with Crippen molar-refractivity contribution >= 4 is 11.6 Å². The van der Waals surface area contributed by atoms with Crippen LogP contribution < -0.4 is 0 Å². The van der Waals surface area contributed by atoms with Gasteiger partial charge in [-0.05, 0) is 13.8 Å². The Labute approximate surface area is 63.7 Å². The summed E-state index contributed by atoms with van der Waals surface area (Å²) >= 11 is 5.71. The van der Waals surface area contributed by atoms with Crippen molar-refractivity contribution in [3.05, 3.63) is 16.4 Å². The van der Waals surface area contributed by atoms with E-state index in [-0.39, 0.29) is 6.01 Å². The molecule has 0 aromatic carbocycles. The van der Waals surface area contributed by atoms with Crippen LogP contribution in [0.4, 0.5) is 0 Å². The van der Waals surface area contributed by atoms with Crippen LogP contribution in [0.25, 0.3) is 0 Å². The molecule has 0 bridgehead atoms. The van der Waals surface area contributed by atoms with Crippen molar-refractivity contribution in [3.63, 3.8) is 0 Å². The summed E-state index contributed by atoms with van der Waals surface area (Å²) in [5, 5.41) is 9.35. The Balaban J connectivity index is 3.31. The highest BCUT2D eigenvalue weighted by atomic mass is 35.5. The van der Waals surface area contributed by atoms with Gasteiger partial charge in [0.05, 0.1) is 16.4 Å². The maximum atomic E-state index is 8.84. The number of aromatic hydroxyl groups is 1. The molecule has 1 heterocycles. The third kappa shape index (κ3) is 1.19. The van der Waals surface area contributed by atoms with Gasteiger partial charge in [-0.25, -0.2) is 0 Å². The predicted molar refractivity (Wildman–Crippen MR) is 38.2 cm³/mol. The summed E-state index contributed by atoms with van der Waals surface area (Å²) in [4.78, 5) is 7.29. The van der Waals surface area contributed by atoms with Crippen molar-refractivity contribution in [3.8, 4) is 6.01 Å². The number of aryl methyl sites for hydroxylation is 2. The minimum Gasteiger partial charge on any atom is -0.479 e. The van der Waals surface area contributed by atoms with Crippen LogP contribution >= 0.6 is 11.6 Å². The summed E-state index contributed by atoms with van der Waals surface area (Å²) in [5.41, 5.74) is 1.21. The average Bonchev–Trinajstić information content (AvgIpc) is 1.82. The zero-order chi connectivity index (χ0) is 7.72. The zero-order valence-corrected chi connectivity index (χ0v) is 6.48. The zero-order valence-electron chi connectivity index (χ0n) is 5.72. The lowest BCUT2D eigenvalue weighted by Gasteiger charge is -1.99. The van der Waals surface area contributed by atoms with Crippen LogP contribution in [-0.2, 0) is 0 Å². The summed E-state index contributed by atoms with van der Waals surface area (Å²) in [5.74, 6) is 0. The summed E-state index contributed by atoms with van der Waals surface area (Å²) in [6.45, 7) is 3.44. The lowest BCUT2D eigenvalue weighted by atomic mass is 10.3. The molecule has 54 valence electrons. The number of nitrogens with zero attached hydrogens (tertiary/aromatic N) is 2. The number of rotatable bonds is 0. The summed E-state index contributed by atoms with van der Waals surface area (Å²) < 4.78 is 0. The Kier molecular flexibility index (Phi) is 1.76. The Morgan fingerprint density at radius 2 is 1.60 bits per heavy atom. The van der Waals surface area contributed by atoms with Crippen LogP contribution in [-0.4, -0.2) is 15.1 Å². The van der Waals surface area contributed by atoms with Crippen molar-refractivity contribution in [1.82, 2.24) is 9.97 Å². The smallest absolute Gasteiger partial charge is 0.314 e. The molecule has 0 amide bonds. The number of hydrogen-bond donors (Lipinski definition) is 1. The van der Waals surface area contributed by atoms with E-state index in [4.69, 9.17) is 16.7 Å². The Hall–Kier alpha value is -0.830. The molecule has 0 saturated carbocycles. The molecule has 0 saturated heterocycles. The van der Waals surface area contributed by atoms with Gasteiger partial charge in [-0.3, -0.25) is 0 Å². The van der Waals surface area contributed by atoms with Crippen molar-refractivity contribution in [2.75, 3.05) is 0 Å². The van der Waals surface area contributed by atoms with Gasteiger partial charge in [-0.15, -0.1) is 0 Å². The molecule has 1 aromatic heterocycles. The molecular weight excluding hydrogens is 152 g/mol. The molecule has 0 fully saturated rings. The van der Waals surface area contributed by atoms with Crippen molar-refractivity contribution in [1.29, 1.82) is 0 Å². The van der Waals surface area contributed by atoms with Gasteiger partial charge in [0.2, 0.25) is 0 Å². The topological polar surface area (TPSA) is 46.0 Å². The maximum Gasteiger partial charge on any atom is 0.314 e. The standard InChI is InChI=1S/C6H7ClN2O/c1-3-5(7)4(2)9-6(10)8-3/h1-2H3,(H,8,9,10). The first-order valence-corrected chi connectivity index (χ1v) is 3.18. The minimum absolute atomic E-state index is 0.223. The molecule has 10 heavy (non-hydrogen) atoms. The normalized spacial score (nSPS) is 9.90. The van der Waals surface area contributed by atoms with Crippen molar-refractivity contribution in [2.24, 2.45) is 0 Å². The first-order valence-electron chi connectivity index (χ1n) is 2.81. The van der Waals surface area contributed by atoms with Crippen molar-refractivity contribution in [2.45, 2.75) is 13.8 Å². The molecule has 1 rings (SSSR count). The Bertz CT molecular complexity index is 239. The lowest BCUT2D eigenvalue weighted by Crippen LogP contribution is -1.90. The second-order valence-corrected chi connectivity index (χ2v) is 2.39. The quantitative estimate of drug-likeness (QED) is 0.622. The number of aromatic nitrogens is 2. The van der Waals surface area contributed by atoms with Gasteiger partial charge in [0.15, 0.2) is 0 Å². The minimum atomic E-state index is -0.223. The van der Waals surface area contributed by atoms with Crippen LogP contribution in [0.5, 0.6) is 6.01 Å². The van der Waals surface area contributed by atoms with Gasteiger partial charge in [0.25, 0.3) is 0 Å². The number of halogens is 1. The van der Waals surface area contributed by atoms with Gasteiger partial charge >= 0.3 is 6.01 Å². The SMILES string of the molecule is Cc1nc(O)nc(C)c1Cl. The molecule has 0 atom stereocenters. The third-order valence-electron chi connectivity index (χ3n) is 1.17. The van der Waals surface area contributed by atoms with E-state index in [0.29, 0.717) is 16.4 Å². The molecule has 0 aliphatic rings. The number of hydrogen-bond acceptors (Lipinski definition) is 3.